The number of para-hydroxylation sites is 1. The van der Waals surface area contributed by atoms with Gasteiger partial charge in [-0.15, -0.1) is 0 Å². The van der Waals surface area contributed by atoms with Crippen molar-refractivity contribution in [1.82, 2.24) is 0 Å². The third-order valence-corrected chi connectivity index (χ3v) is 2.70. The second-order valence-electron chi connectivity index (χ2n) is 3.96. The minimum atomic E-state index is -0.622. The lowest BCUT2D eigenvalue weighted by molar-refractivity contribution is 0.102. The molecule has 0 aliphatic heterocycles. The van der Waals surface area contributed by atoms with Crippen LogP contribution in [0.4, 0.5) is 10.1 Å². The highest BCUT2D eigenvalue weighted by atomic mass is 19.1. The Hall–Kier alpha value is -2.87. The van der Waals surface area contributed by atoms with Crippen molar-refractivity contribution in [1.29, 1.82) is 5.26 Å². The summed E-state index contributed by atoms with van der Waals surface area (Å²) in [7, 11) is 1.47. The number of carbonyl (C=O) groups excluding carboxylic acids is 1. The van der Waals surface area contributed by atoms with Gasteiger partial charge in [0.2, 0.25) is 0 Å². The predicted molar refractivity (Wildman–Crippen MR) is 72.1 cm³/mol. The Labute approximate surface area is 115 Å². The number of nitrogens with one attached hydrogen (secondary N) is 1. The van der Waals surface area contributed by atoms with Crippen molar-refractivity contribution < 1.29 is 13.9 Å². The molecule has 0 saturated heterocycles. The number of hydrogen-bond acceptors (Lipinski definition) is 3. The topological polar surface area (TPSA) is 62.1 Å². The molecule has 0 bridgehead atoms. The van der Waals surface area contributed by atoms with Gasteiger partial charge in [-0.2, -0.15) is 5.26 Å². The molecule has 0 saturated carbocycles. The number of ether oxygens (including phenoxy) is 1. The second kappa shape index (κ2) is 5.85. The molecule has 1 N–H and O–H groups in total. The van der Waals surface area contributed by atoms with Crippen LogP contribution >= 0.6 is 0 Å². The monoisotopic (exact) mass is 270 g/mol. The van der Waals surface area contributed by atoms with E-state index in [0.717, 1.165) is 6.07 Å². The highest BCUT2D eigenvalue weighted by Gasteiger charge is 2.12. The van der Waals surface area contributed by atoms with E-state index in [1.165, 1.54) is 19.2 Å². The van der Waals surface area contributed by atoms with E-state index in [1.807, 2.05) is 0 Å². The molecule has 0 aliphatic carbocycles. The number of halogens is 1. The van der Waals surface area contributed by atoms with Crippen molar-refractivity contribution in [3.8, 4) is 11.8 Å². The quantitative estimate of drug-likeness (QED) is 0.932. The van der Waals surface area contributed by atoms with E-state index < -0.39 is 11.7 Å². The summed E-state index contributed by atoms with van der Waals surface area (Å²) < 4.78 is 18.3. The van der Waals surface area contributed by atoms with Gasteiger partial charge in [0.05, 0.1) is 18.2 Å². The van der Waals surface area contributed by atoms with E-state index in [0.29, 0.717) is 17.0 Å². The van der Waals surface area contributed by atoms with Gasteiger partial charge >= 0.3 is 0 Å². The summed E-state index contributed by atoms with van der Waals surface area (Å²) in [5, 5.41) is 11.4. The molecule has 0 fully saturated rings. The molecule has 1 amide bonds. The van der Waals surface area contributed by atoms with Gasteiger partial charge in [0.1, 0.15) is 17.6 Å². The first kappa shape index (κ1) is 13.6. The predicted octanol–water partition coefficient (Wildman–Crippen LogP) is 2.96. The van der Waals surface area contributed by atoms with Gasteiger partial charge in [-0.25, -0.2) is 4.39 Å². The largest absolute Gasteiger partial charge is 0.496 e. The Morgan fingerprint density at radius 2 is 2.05 bits per heavy atom. The number of nitrogens with zero attached hydrogens (tertiary/aromatic N) is 1. The maximum absolute atomic E-state index is 13.2. The molecule has 0 aromatic heterocycles. The fourth-order valence-corrected chi connectivity index (χ4v) is 1.72. The zero-order chi connectivity index (χ0) is 14.5. The summed E-state index contributed by atoms with van der Waals surface area (Å²) in [5.41, 5.74) is 0.583. The van der Waals surface area contributed by atoms with Crippen molar-refractivity contribution in [2.45, 2.75) is 0 Å². The van der Waals surface area contributed by atoms with E-state index >= 15 is 0 Å². The van der Waals surface area contributed by atoms with Crippen LogP contribution in [0.25, 0.3) is 0 Å². The van der Waals surface area contributed by atoms with E-state index in [9.17, 15) is 9.18 Å². The average Bonchev–Trinajstić information content (AvgIpc) is 2.49. The van der Waals surface area contributed by atoms with Gasteiger partial charge < -0.3 is 10.1 Å². The zero-order valence-electron chi connectivity index (χ0n) is 10.7. The molecular weight excluding hydrogens is 259 g/mol. The fourth-order valence-electron chi connectivity index (χ4n) is 1.72. The van der Waals surface area contributed by atoms with Crippen LogP contribution < -0.4 is 10.1 Å². The van der Waals surface area contributed by atoms with E-state index in [-0.39, 0.29) is 5.56 Å². The number of carbonyl (C=O) groups is 1. The molecule has 0 atom stereocenters. The molecule has 20 heavy (non-hydrogen) atoms. The molecule has 100 valence electrons. The van der Waals surface area contributed by atoms with E-state index in [2.05, 4.69) is 5.32 Å². The lowest BCUT2D eigenvalue weighted by atomic mass is 10.1. The standard InChI is InChI=1S/C15H11FN2O2/c1-20-14-5-3-2-4-12(14)15(19)18-11-6-7-13(16)10(8-11)9-17/h2-8H,1H3,(H,18,19). The zero-order valence-corrected chi connectivity index (χ0v) is 10.7. The average molecular weight is 270 g/mol. The maximum atomic E-state index is 13.2. The SMILES string of the molecule is COc1ccccc1C(=O)Nc1ccc(F)c(C#N)c1. The van der Waals surface area contributed by atoms with E-state index in [4.69, 9.17) is 10.00 Å². The second-order valence-corrected chi connectivity index (χ2v) is 3.96. The number of hydrogen-bond donors (Lipinski definition) is 1. The van der Waals surface area contributed by atoms with Crippen LogP contribution in [0.3, 0.4) is 0 Å². The number of nitriles is 1. The summed E-state index contributed by atoms with van der Waals surface area (Å²) in [4.78, 5) is 12.1. The van der Waals surface area contributed by atoms with Crippen molar-refractivity contribution in [2.24, 2.45) is 0 Å². The molecular formula is C15H11FN2O2. The normalized spacial score (nSPS) is 9.65. The molecule has 0 radical (unpaired) electrons. The summed E-state index contributed by atoms with van der Waals surface area (Å²) in [6.45, 7) is 0. The highest BCUT2D eigenvalue weighted by molar-refractivity contribution is 6.06. The van der Waals surface area contributed by atoms with Crippen molar-refractivity contribution in [3.05, 3.63) is 59.4 Å². The third-order valence-electron chi connectivity index (χ3n) is 2.70. The van der Waals surface area contributed by atoms with Gasteiger partial charge in [0, 0.05) is 5.69 Å². The van der Waals surface area contributed by atoms with Crippen LogP contribution in [-0.4, -0.2) is 13.0 Å². The van der Waals surface area contributed by atoms with Crippen LogP contribution in [0, 0.1) is 17.1 Å². The lowest BCUT2D eigenvalue weighted by Gasteiger charge is -2.09. The van der Waals surface area contributed by atoms with Crippen LogP contribution in [0.15, 0.2) is 42.5 Å². The van der Waals surface area contributed by atoms with Crippen LogP contribution in [0.2, 0.25) is 0 Å². The molecule has 2 rings (SSSR count). The first-order valence-electron chi connectivity index (χ1n) is 5.79. The lowest BCUT2D eigenvalue weighted by Crippen LogP contribution is -2.13. The Morgan fingerprint density at radius 3 is 2.75 bits per heavy atom. The minimum absolute atomic E-state index is 0.122. The third kappa shape index (κ3) is 2.75. The molecule has 0 heterocycles. The molecule has 0 unspecified atom stereocenters. The molecule has 0 spiro atoms. The Kier molecular flexibility index (Phi) is 3.96. The summed E-state index contributed by atoms with van der Waals surface area (Å²) in [6, 6.07) is 12.3. The number of rotatable bonds is 3. The number of amides is 1. The van der Waals surface area contributed by atoms with Gasteiger partial charge in [-0.3, -0.25) is 4.79 Å². The maximum Gasteiger partial charge on any atom is 0.259 e. The summed E-state index contributed by atoms with van der Waals surface area (Å²) in [5.74, 6) is -0.576. The van der Waals surface area contributed by atoms with Gasteiger partial charge in [0.15, 0.2) is 0 Å². The molecule has 2 aromatic rings. The number of benzene rings is 2. The van der Waals surface area contributed by atoms with Crippen LogP contribution in [0.5, 0.6) is 5.75 Å². The van der Waals surface area contributed by atoms with Crippen molar-refractivity contribution in [2.75, 3.05) is 12.4 Å². The van der Waals surface area contributed by atoms with Crippen LogP contribution in [-0.2, 0) is 0 Å². The summed E-state index contributed by atoms with van der Waals surface area (Å²) >= 11 is 0. The van der Waals surface area contributed by atoms with Crippen molar-refractivity contribution >= 4 is 11.6 Å². The van der Waals surface area contributed by atoms with Crippen LogP contribution in [0.1, 0.15) is 15.9 Å². The van der Waals surface area contributed by atoms with Gasteiger partial charge in [-0.05, 0) is 30.3 Å². The van der Waals surface area contributed by atoms with Gasteiger partial charge in [-0.1, -0.05) is 12.1 Å². The Balaban J connectivity index is 2.26. The molecule has 4 nitrogen and oxygen atoms in total. The van der Waals surface area contributed by atoms with Crippen molar-refractivity contribution in [3.63, 3.8) is 0 Å². The van der Waals surface area contributed by atoms with Gasteiger partial charge in [0.25, 0.3) is 5.91 Å². The molecule has 0 aliphatic rings. The Bertz CT molecular complexity index is 693. The fraction of sp³-hybridized carbons (Fsp3) is 0.0667. The molecule has 2 aromatic carbocycles. The van der Waals surface area contributed by atoms with E-state index in [1.54, 1.807) is 30.3 Å². The highest BCUT2D eigenvalue weighted by Crippen LogP contribution is 2.20. The Morgan fingerprint density at radius 1 is 1.30 bits per heavy atom. The first-order chi connectivity index (χ1) is 9.65. The first-order valence-corrected chi connectivity index (χ1v) is 5.79. The number of methoxy groups -OCH3 is 1. The minimum Gasteiger partial charge on any atom is -0.496 e. The molecule has 5 heteroatoms. The number of anilines is 1. The smallest absolute Gasteiger partial charge is 0.259 e. The summed E-state index contributed by atoms with van der Waals surface area (Å²) in [6.07, 6.45) is 0.